The molecule has 3 nitrogen and oxygen atoms in total. The Balaban J connectivity index is 2.83. The highest BCUT2D eigenvalue weighted by Gasteiger charge is 2.19. The van der Waals surface area contributed by atoms with Crippen molar-refractivity contribution in [1.29, 1.82) is 0 Å². The third kappa shape index (κ3) is 3.22. The third-order valence-corrected chi connectivity index (χ3v) is 3.49. The molecule has 0 fully saturated rings. The van der Waals surface area contributed by atoms with Crippen molar-refractivity contribution in [2.75, 3.05) is 6.61 Å². The molecule has 14 heavy (non-hydrogen) atoms. The van der Waals surface area contributed by atoms with E-state index >= 15 is 0 Å². The van der Waals surface area contributed by atoms with Gasteiger partial charge in [0.25, 0.3) is 0 Å². The molecule has 0 aliphatic carbocycles. The number of rotatable bonds is 3. The lowest BCUT2D eigenvalue weighted by Crippen LogP contribution is -2.20. The summed E-state index contributed by atoms with van der Waals surface area (Å²) in [5.74, 6) is 0. The van der Waals surface area contributed by atoms with E-state index in [2.05, 4.69) is 25.9 Å². The standard InChI is InChI=1S/C9H13BrN2OS/c1-6-7(10)4-11-8(12-6)14-9(2,3)5-13/h4,13H,5H2,1-3H3. The number of aliphatic hydroxyl groups is 1. The summed E-state index contributed by atoms with van der Waals surface area (Å²) in [6.45, 7) is 5.94. The van der Waals surface area contributed by atoms with Crippen LogP contribution in [-0.4, -0.2) is 26.4 Å². The number of nitrogens with zero attached hydrogens (tertiary/aromatic N) is 2. The Labute approximate surface area is 96.5 Å². The second-order valence-corrected chi connectivity index (χ2v) is 6.13. The molecule has 5 heteroatoms. The van der Waals surface area contributed by atoms with Crippen LogP contribution >= 0.6 is 27.7 Å². The maximum Gasteiger partial charge on any atom is 0.188 e. The molecule has 0 unspecified atom stereocenters. The summed E-state index contributed by atoms with van der Waals surface area (Å²) in [6.07, 6.45) is 1.73. The summed E-state index contributed by atoms with van der Waals surface area (Å²) in [6, 6.07) is 0. The molecular formula is C9H13BrN2OS. The molecular weight excluding hydrogens is 264 g/mol. The molecule has 1 N–H and O–H groups in total. The van der Waals surface area contributed by atoms with E-state index in [4.69, 9.17) is 5.11 Å². The maximum absolute atomic E-state index is 9.09. The van der Waals surface area contributed by atoms with Gasteiger partial charge in [0, 0.05) is 10.9 Å². The first-order valence-corrected chi connectivity index (χ1v) is 5.84. The van der Waals surface area contributed by atoms with E-state index < -0.39 is 0 Å². The van der Waals surface area contributed by atoms with Crippen molar-refractivity contribution < 1.29 is 5.11 Å². The van der Waals surface area contributed by atoms with Crippen molar-refractivity contribution in [3.63, 3.8) is 0 Å². The highest BCUT2D eigenvalue weighted by molar-refractivity contribution is 9.10. The number of halogens is 1. The second kappa shape index (κ2) is 4.59. The van der Waals surface area contributed by atoms with Crippen molar-refractivity contribution >= 4 is 27.7 Å². The van der Waals surface area contributed by atoms with Gasteiger partial charge in [-0.15, -0.1) is 0 Å². The lowest BCUT2D eigenvalue weighted by molar-refractivity contribution is 0.264. The van der Waals surface area contributed by atoms with Gasteiger partial charge in [0.1, 0.15) is 0 Å². The van der Waals surface area contributed by atoms with E-state index in [9.17, 15) is 0 Å². The third-order valence-electron chi connectivity index (χ3n) is 1.65. The summed E-state index contributed by atoms with van der Waals surface area (Å²) < 4.78 is 0.670. The van der Waals surface area contributed by atoms with Crippen LogP contribution in [0.4, 0.5) is 0 Å². The SMILES string of the molecule is Cc1nc(SC(C)(C)CO)ncc1Br. The number of aryl methyl sites for hydroxylation is 1. The lowest BCUT2D eigenvalue weighted by Gasteiger charge is -2.19. The molecule has 0 saturated heterocycles. The van der Waals surface area contributed by atoms with E-state index in [-0.39, 0.29) is 11.4 Å². The first-order valence-electron chi connectivity index (χ1n) is 4.23. The molecule has 0 radical (unpaired) electrons. The fourth-order valence-corrected chi connectivity index (χ4v) is 1.80. The van der Waals surface area contributed by atoms with Gasteiger partial charge in [0.05, 0.1) is 16.8 Å². The van der Waals surface area contributed by atoms with Crippen LogP contribution in [0.25, 0.3) is 0 Å². The number of aromatic nitrogens is 2. The van der Waals surface area contributed by atoms with Crippen LogP contribution in [0.3, 0.4) is 0 Å². The predicted octanol–water partition coefficient (Wildman–Crippen LogP) is 2.41. The number of hydrogen-bond acceptors (Lipinski definition) is 4. The summed E-state index contributed by atoms with van der Waals surface area (Å²) in [4.78, 5) is 8.47. The Bertz CT molecular complexity index is 331. The molecule has 0 aliphatic rings. The minimum absolute atomic E-state index is 0.107. The number of hydrogen-bond donors (Lipinski definition) is 1. The lowest BCUT2D eigenvalue weighted by atomic mass is 10.2. The van der Waals surface area contributed by atoms with Crippen LogP contribution in [0.1, 0.15) is 19.5 Å². The van der Waals surface area contributed by atoms with Gasteiger partial charge < -0.3 is 5.11 Å². The Kier molecular flexibility index (Phi) is 3.92. The molecule has 0 bridgehead atoms. The van der Waals surface area contributed by atoms with Crippen molar-refractivity contribution in [1.82, 2.24) is 9.97 Å². The fraction of sp³-hybridized carbons (Fsp3) is 0.556. The monoisotopic (exact) mass is 276 g/mol. The van der Waals surface area contributed by atoms with E-state index in [1.54, 1.807) is 6.20 Å². The summed E-state index contributed by atoms with van der Waals surface area (Å²) in [7, 11) is 0. The Hall–Kier alpha value is -0.130. The molecule has 0 aliphatic heterocycles. The van der Waals surface area contributed by atoms with E-state index in [1.807, 2.05) is 20.8 Å². The zero-order chi connectivity index (χ0) is 10.8. The molecule has 0 aromatic carbocycles. The Morgan fingerprint density at radius 1 is 1.57 bits per heavy atom. The molecule has 1 aromatic rings. The molecule has 0 spiro atoms. The van der Waals surface area contributed by atoms with Crippen LogP contribution in [0, 0.1) is 6.92 Å². The first kappa shape index (κ1) is 11.9. The smallest absolute Gasteiger partial charge is 0.188 e. The Morgan fingerprint density at radius 2 is 2.21 bits per heavy atom. The van der Waals surface area contributed by atoms with Gasteiger partial charge in [-0.25, -0.2) is 9.97 Å². The minimum Gasteiger partial charge on any atom is -0.395 e. The van der Waals surface area contributed by atoms with Gasteiger partial charge in [-0.1, -0.05) is 11.8 Å². The molecule has 78 valence electrons. The minimum atomic E-state index is -0.236. The van der Waals surface area contributed by atoms with Crippen molar-refractivity contribution in [2.24, 2.45) is 0 Å². The zero-order valence-electron chi connectivity index (χ0n) is 8.41. The summed E-state index contributed by atoms with van der Waals surface area (Å²) >= 11 is 4.82. The number of thioether (sulfide) groups is 1. The van der Waals surface area contributed by atoms with Crippen LogP contribution in [0.5, 0.6) is 0 Å². The van der Waals surface area contributed by atoms with E-state index in [1.165, 1.54) is 11.8 Å². The quantitative estimate of drug-likeness (QED) is 0.680. The average molecular weight is 277 g/mol. The second-order valence-electron chi connectivity index (χ2n) is 3.61. The van der Waals surface area contributed by atoms with Crippen LogP contribution in [0.15, 0.2) is 15.8 Å². The van der Waals surface area contributed by atoms with Crippen molar-refractivity contribution in [3.05, 3.63) is 16.4 Å². The van der Waals surface area contributed by atoms with Gasteiger partial charge in [0.2, 0.25) is 0 Å². The molecule has 0 saturated carbocycles. The Morgan fingerprint density at radius 3 is 2.71 bits per heavy atom. The topological polar surface area (TPSA) is 46.0 Å². The molecule has 0 amide bonds. The van der Waals surface area contributed by atoms with Gasteiger partial charge >= 0.3 is 0 Å². The van der Waals surface area contributed by atoms with Gasteiger partial charge in [-0.2, -0.15) is 0 Å². The normalized spacial score (nSPS) is 11.8. The van der Waals surface area contributed by atoms with Crippen molar-refractivity contribution in [2.45, 2.75) is 30.7 Å². The first-order chi connectivity index (χ1) is 6.44. The zero-order valence-corrected chi connectivity index (χ0v) is 10.8. The largest absolute Gasteiger partial charge is 0.395 e. The van der Waals surface area contributed by atoms with Crippen molar-refractivity contribution in [3.8, 4) is 0 Å². The van der Waals surface area contributed by atoms with Crippen LogP contribution in [0.2, 0.25) is 0 Å². The van der Waals surface area contributed by atoms with Gasteiger partial charge in [0.15, 0.2) is 5.16 Å². The molecule has 1 heterocycles. The van der Waals surface area contributed by atoms with E-state index in [0.717, 1.165) is 10.2 Å². The average Bonchev–Trinajstić information content (AvgIpc) is 2.11. The highest BCUT2D eigenvalue weighted by Crippen LogP contribution is 2.29. The number of aliphatic hydroxyl groups excluding tert-OH is 1. The summed E-state index contributed by atoms with van der Waals surface area (Å²) in [5, 5.41) is 9.79. The predicted molar refractivity (Wildman–Crippen MR) is 61.5 cm³/mol. The van der Waals surface area contributed by atoms with Crippen LogP contribution < -0.4 is 0 Å². The molecule has 0 atom stereocenters. The highest BCUT2D eigenvalue weighted by atomic mass is 79.9. The molecule has 1 aromatic heterocycles. The summed E-state index contributed by atoms with van der Waals surface area (Å²) in [5.41, 5.74) is 0.913. The van der Waals surface area contributed by atoms with Gasteiger partial charge in [-0.3, -0.25) is 0 Å². The van der Waals surface area contributed by atoms with Crippen LogP contribution in [-0.2, 0) is 0 Å². The van der Waals surface area contributed by atoms with Gasteiger partial charge in [-0.05, 0) is 36.7 Å². The van der Waals surface area contributed by atoms with E-state index in [0.29, 0.717) is 5.16 Å². The molecule has 1 rings (SSSR count). The maximum atomic E-state index is 9.09. The fourth-order valence-electron chi connectivity index (χ4n) is 0.760.